The molecule has 2 aliphatic rings. The minimum Gasteiger partial charge on any atom is -0.486 e. The molecule has 21 heavy (non-hydrogen) atoms. The monoisotopic (exact) mass is 292 g/mol. The van der Waals surface area contributed by atoms with Gasteiger partial charge in [0, 0.05) is 0 Å². The number of cyclic esters (lactones) is 1. The second kappa shape index (κ2) is 5.90. The molecule has 1 atom stereocenters. The van der Waals surface area contributed by atoms with Crippen LogP contribution in [0, 0.1) is 0 Å². The summed E-state index contributed by atoms with van der Waals surface area (Å²) in [6.07, 6.45) is -0.689. The normalized spacial score (nSPS) is 20.1. The molecular weight excluding hydrogens is 276 g/mol. The van der Waals surface area contributed by atoms with Crippen molar-refractivity contribution in [2.75, 3.05) is 32.8 Å². The van der Waals surface area contributed by atoms with E-state index >= 15 is 0 Å². The van der Waals surface area contributed by atoms with Gasteiger partial charge in [0.15, 0.2) is 11.5 Å². The highest BCUT2D eigenvalue weighted by atomic mass is 16.6. The summed E-state index contributed by atoms with van der Waals surface area (Å²) in [4.78, 5) is 24.4. The maximum Gasteiger partial charge on any atom is 0.410 e. The Kier molecular flexibility index (Phi) is 3.81. The summed E-state index contributed by atoms with van der Waals surface area (Å²) in [5.41, 5.74) is 0. The first-order chi connectivity index (χ1) is 10.2. The molecule has 1 N–H and O–H groups in total. The zero-order valence-electron chi connectivity index (χ0n) is 11.4. The quantitative estimate of drug-likeness (QED) is 0.869. The summed E-state index contributed by atoms with van der Waals surface area (Å²) >= 11 is 0. The second-order valence-corrected chi connectivity index (χ2v) is 4.84. The average Bonchev–Trinajstić information content (AvgIpc) is 2.90. The van der Waals surface area contributed by atoms with Crippen molar-refractivity contribution in [3.63, 3.8) is 0 Å². The molecule has 0 spiro atoms. The fourth-order valence-corrected chi connectivity index (χ4v) is 2.19. The minimum absolute atomic E-state index is 0.00297. The van der Waals surface area contributed by atoms with Crippen molar-refractivity contribution >= 4 is 12.0 Å². The van der Waals surface area contributed by atoms with Crippen LogP contribution in [0.2, 0.25) is 0 Å². The van der Waals surface area contributed by atoms with Crippen LogP contribution in [0.25, 0.3) is 0 Å². The molecule has 2 heterocycles. The summed E-state index contributed by atoms with van der Waals surface area (Å²) in [5.74, 6) is 1.14. The van der Waals surface area contributed by atoms with Crippen molar-refractivity contribution in [3.05, 3.63) is 24.3 Å². The van der Waals surface area contributed by atoms with Gasteiger partial charge in [-0.1, -0.05) is 12.1 Å². The summed E-state index contributed by atoms with van der Waals surface area (Å²) in [6, 6.07) is 7.40. The number of benzene rings is 1. The molecule has 0 unspecified atom stereocenters. The number of para-hydroxylation sites is 2. The summed E-state index contributed by atoms with van der Waals surface area (Å²) in [5, 5.41) is 2.74. The Morgan fingerprint density at radius 3 is 2.86 bits per heavy atom. The van der Waals surface area contributed by atoms with Crippen molar-refractivity contribution in [1.82, 2.24) is 10.2 Å². The Morgan fingerprint density at radius 1 is 1.29 bits per heavy atom. The Labute approximate surface area is 121 Å². The van der Waals surface area contributed by atoms with Gasteiger partial charge in [0.05, 0.1) is 13.1 Å². The molecule has 1 aromatic carbocycles. The molecule has 1 saturated heterocycles. The van der Waals surface area contributed by atoms with Gasteiger partial charge < -0.3 is 19.5 Å². The van der Waals surface area contributed by atoms with Gasteiger partial charge in [0.25, 0.3) is 0 Å². The summed E-state index contributed by atoms with van der Waals surface area (Å²) < 4.78 is 16.0. The molecule has 2 amide bonds. The van der Waals surface area contributed by atoms with Gasteiger partial charge in [-0.15, -0.1) is 0 Å². The van der Waals surface area contributed by atoms with E-state index in [1.807, 2.05) is 24.3 Å². The van der Waals surface area contributed by atoms with Crippen molar-refractivity contribution in [1.29, 1.82) is 0 Å². The number of amides is 2. The average molecular weight is 292 g/mol. The lowest BCUT2D eigenvalue weighted by Gasteiger charge is -2.26. The van der Waals surface area contributed by atoms with Crippen LogP contribution >= 0.6 is 0 Å². The summed E-state index contributed by atoms with van der Waals surface area (Å²) in [6.45, 7) is 1.49. The van der Waals surface area contributed by atoms with E-state index in [9.17, 15) is 9.59 Å². The molecule has 112 valence electrons. The number of nitrogens with zero attached hydrogens (tertiary/aromatic N) is 1. The number of fused-ring (bicyclic) bond motifs is 1. The predicted octanol–water partition coefficient (Wildman–Crippen LogP) is 0.395. The van der Waals surface area contributed by atoms with Gasteiger partial charge in [-0.3, -0.25) is 9.69 Å². The van der Waals surface area contributed by atoms with Gasteiger partial charge in [-0.2, -0.15) is 0 Å². The highest BCUT2D eigenvalue weighted by Crippen LogP contribution is 2.30. The zero-order chi connectivity index (χ0) is 14.7. The second-order valence-electron chi connectivity index (χ2n) is 4.84. The molecule has 0 aromatic heterocycles. The van der Waals surface area contributed by atoms with E-state index in [2.05, 4.69) is 5.32 Å². The Morgan fingerprint density at radius 2 is 2.10 bits per heavy atom. The largest absolute Gasteiger partial charge is 0.486 e. The highest BCUT2D eigenvalue weighted by Gasteiger charge is 2.25. The number of rotatable bonds is 4. The van der Waals surface area contributed by atoms with Gasteiger partial charge in [0.1, 0.15) is 25.9 Å². The SMILES string of the molecule is O=C(CN1CCOC1=O)NC[C@H]1COc2ccccc2O1. The number of hydrogen-bond donors (Lipinski definition) is 1. The molecule has 7 nitrogen and oxygen atoms in total. The molecule has 0 aliphatic carbocycles. The number of nitrogens with one attached hydrogen (secondary N) is 1. The van der Waals surface area contributed by atoms with Crippen molar-refractivity contribution < 1.29 is 23.8 Å². The van der Waals surface area contributed by atoms with E-state index < -0.39 is 6.09 Å². The topological polar surface area (TPSA) is 77.1 Å². The number of carbonyl (C=O) groups excluding carboxylic acids is 2. The molecule has 0 bridgehead atoms. The molecular formula is C14H16N2O5. The standard InChI is InChI=1S/C14H16N2O5/c17-13(8-16-5-6-19-14(16)18)15-7-10-9-20-11-3-1-2-4-12(11)21-10/h1-4,10H,5-9H2,(H,15,17)/t10-/m0/s1. The van der Waals surface area contributed by atoms with E-state index in [4.69, 9.17) is 14.2 Å². The van der Waals surface area contributed by atoms with Gasteiger partial charge in [0.2, 0.25) is 5.91 Å². The third-order valence-corrected chi connectivity index (χ3v) is 3.27. The van der Waals surface area contributed by atoms with Gasteiger partial charge >= 0.3 is 6.09 Å². The first kappa shape index (κ1) is 13.5. The van der Waals surface area contributed by atoms with Crippen LogP contribution in [-0.4, -0.2) is 55.9 Å². The zero-order valence-corrected chi connectivity index (χ0v) is 11.4. The molecule has 3 rings (SSSR count). The van der Waals surface area contributed by atoms with Crippen LogP contribution in [0.1, 0.15) is 0 Å². The third-order valence-electron chi connectivity index (χ3n) is 3.27. The maximum atomic E-state index is 11.8. The smallest absolute Gasteiger partial charge is 0.410 e. The van der Waals surface area contributed by atoms with E-state index in [0.717, 1.165) is 0 Å². The summed E-state index contributed by atoms with van der Waals surface area (Å²) in [7, 11) is 0. The van der Waals surface area contributed by atoms with Crippen LogP contribution in [0.5, 0.6) is 11.5 Å². The molecule has 0 radical (unpaired) electrons. The molecule has 0 saturated carbocycles. The highest BCUT2D eigenvalue weighted by molar-refractivity contribution is 5.82. The Hall–Kier alpha value is -2.44. The molecule has 2 aliphatic heterocycles. The third kappa shape index (κ3) is 3.18. The van der Waals surface area contributed by atoms with Crippen molar-refractivity contribution in [3.8, 4) is 11.5 Å². The predicted molar refractivity (Wildman–Crippen MR) is 72.3 cm³/mol. The Balaban J connectivity index is 1.45. The van der Waals surface area contributed by atoms with E-state index in [1.165, 1.54) is 4.90 Å². The van der Waals surface area contributed by atoms with E-state index in [1.54, 1.807) is 0 Å². The van der Waals surface area contributed by atoms with Gasteiger partial charge in [-0.05, 0) is 12.1 Å². The maximum absolute atomic E-state index is 11.8. The number of carbonyl (C=O) groups is 2. The lowest BCUT2D eigenvalue weighted by Crippen LogP contribution is -2.44. The fraction of sp³-hybridized carbons (Fsp3) is 0.429. The van der Waals surface area contributed by atoms with Crippen molar-refractivity contribution in [2.24, 2.45) is 0 Å². The molecule has 7 heteroatoms. The first-order valence-corrected chi connectivity index (χ1v) is 6.79. The number of ether oxygens (including phenoxy) is 3. The van der Waals surface area contributed by atoms with Crippen LogP contribution in [-0.2, 0) is 9.53 Å². The molecule has 1 aromatic rings. The van der Waals surface area contributed by atoms with Crippen molar-refractivity contribution in [2.45, 2.75) is 6.10 Å². The van der Waals surface area contributed by atoms with Crippen LogP contribution in [0.3, 0.4) is 0 Å². The molecule has 1 fully saturated rings. The van der Waals surface area contributed by atoms with Crippen LogP contribution in [0.4, 0.5) is 4.79 Å². The fourth-order valence-electron chi connectivity index (χ4n) is 2.19. The van der Waals surface area contributed by atoms with E-state index in [-0.39, 0.29) is 18.6 Å². The van der Waals surface area contributed by atoms with Crippen LogP contribution in [0.15, 0.2) is 24.3 Å². The Bertz CT molecular complexity index is 548. The van der Waals surface area contributed by atoms with Gasteiger partial charge in [-0.25, -0.2) is 4.79 Å². The lowest BCUT2D eigenvalue weighted by molar-refractivity contribution is -0.122. The van der Waals surface area contributed by atoms with Crippen LogP contribution < -0.4 is 14.8 Å². The minimum atomic E-state index is -0.448. The number of hydrogen-bond acceptors (Lipinski definition) is 5. The lowest BCUT2D eigenvalue weighted by atomic mass is 10.2. The van der Waals surface area contributed by atoms with E-state index in [0.29, 0.717) is 37.8 Å². The first-order valence-electron chi connectivity index (χ1n) is 6.79.